The van der Waals surface area contributed by atoms with Gasteiger partial charge in [-0.3, -0.25) is 9.00 Å². The molecule has 0 heterocycles. The molecule has 118 valence electrons. The highest BCUT2D eigenvalue weighted by Crippen LogP contribution is 2.35. The zero-order valence-corrected chi connectivity index (χ0v) is 12.5. The predicted molar refractivity (Wildman–Crippen MR) is 77.2 cm³/mol. The zero-order valence-electron chi connectivity index (χ0n) is 11.7. The summed E-state index contributed by atoms with van der Waals surface area (Å²) < 4.78 is 49.6. The molecule has 0 aliphatic carbocycles. The maximum Gasteiger partial charge on any atom is 0.418 e. The predicted octanol–water partition coefficient (Wildman–Crippen LogP) is 2.63. The Labute approximate surface area is 123 Å². The van der Waals surface area contributed by atoms with E-state index in [1.807, 2.05) is 13.8 Å². The van der Waals surface area contributed by atoms with Crippen molar-refractivity contribution in [1.82, 2.24) is 0 Å². The molecule has 1 amide bonds. The molecule has 0 aliphatic rings. The van der Waals surface area contributed by atoms with E-state index in [0.717, 1.165) is 12.1 Å². The van der Waals surface area contributed by atoms with E-state index in [9.17, 15) is 22.2 Å². The number of carbonyl (C=O) groups is 1. The Bertz CT molecular complexity index is 545. The van der Waals surface area contributed by atoms with Crippen LogP contribution in [0.4, 0.5) is 24.5 Å². The number of anilines is 2. The summed E-state index contributed by atoms with van der Waals surface area (Å²) in [6.07, 6.45) is -4.59. The number of halogens is 3. The second kappa shape index (κ2) is 6.93. The van der Waals surface area contributed by atoms with Crippen LogP contribution in [0.2, 0.25) is 0 Å². The highest BCUT2D eigenvalue weighted by Gasteiger charge is 2.33. The number of nitrogen functional groups attached to an aromatic ring is 1. The van der Waals surface area contributed by atoms with E-state index in [1.54, 1.807) is 0 Å². The minimum atomic E-state index is -4.59. The maximum atomic E-state index is 12.7. The fourth-order valence-corrected chi connectivity index (χ4v) is 2.88. The number of hydrogen-bond donors (Lipinski definition) is 2. The molecule has 0 saturated carbocycles. The van der Waals surface area contributed by atoms with Crippen molar-refractivity contribution in [3.05, 3.63) is 23.8 Å². The van der Waals surface area contributed by atoms with Gasteiger partial charge in [0.15, 0.2) is 0 Å². The van der Waals surface area contributed by atoms with Gasteiger partial charge in [-0.1, -0.05) is 13.8 Å². The first-order valence-corrected chi connectivity index (χ1v) is 7.70. The van der Waals surface area contributed by atoms with Gasteiger partial charge in [0.25, 0.3) is 0 Å². The van der Waals surface area contributed by atoms with E-state index in [-0.39, 0.29) is 17.4 Å². The summed E-state index contributed by atoms with van der Waals surface area (Å²) in [6, 6.07) is 3.11. The van der Waals surface area contributed by atoms with Crippen LogP contribution >= 0.6 is 0 Å². The van der Waals surface area contributed by atoms with Crippen LogP contribution in [0.15, 0.2) is 18.2 Å². The number of nitrogens with two attached hydrogens (primary N) is 1. The SMILES string of the molecule is CC(C)CS(=O)CC(=O)Nc1ccc(N)c(C(F)(F)F)c1. The van der Waals surface area contributed by atoms with E-state index < -0.39 is 34.1 Å². The summed E-state index contributed by atoms with van der Waals surface area (Å²) in [5.41, 5.74) is 3.81. The van der Waals surface area contributed by atoms with E-state index >= 15 is 0 Å². The highest BCUT2D eigenvalue weighted by atomic mass is 32.2. The van der Waals surface area contributed by atoms with Crippen LogP contribution in [0.25, 0.3) is 0 Å². The molecule has 1 atom stereocenters. The number of nitrogens with one attached hydrogen (secondary N) is 1. The van der Waals surface area contributed by atoms with Gasteiger partial charge in [0, 0.05) is 27.9 Å². The van der Waals surface area contributed by atoms with E-state index in [2.05, 4.69) is 5.32 Å². The molecule has 1 aromatic rings. The molecule has 0 radical (unpaired) electrons. The molecule has 1 aromatic carbocycles. The Morgan fingerprint density at radius 3 is 2.52 bits per heavy atom. The number of amides is 1. The van der Waals surface area contributed by atoms with Crippen LogP contribution in [0.5, 0.6) is 0 Å². The summed E-state index contributed by atoms with van der Waals surface area (Å²) in [6.45, 7) is 3.73. The summed E-state index contributed by atoms with van der Waals surface area (Å²) in [5.74, 6) is -0.300. The van der Waals surface area contributed by atoms with Crippen molar-refractivity contribution in [3.8, 4) is 0 Å². The monoisotopic (exact) mass is 322 g/mol. The first-order valence-electron chi connectivity index (χ1n) is 6.21. The maximum absolute atomic E-state index is 12.7. The van der Waals surface area contributed by atoms with Crippen molar-refractivity contribution in [3.63, 3.8) is 0 Å². The number of rotatable bonds is 5. The second-order valence-corrected chi connectivity index (χ2v) is 6.49. The normalized spacial score (nSPS) is 13.2. The quantitative estimate of drug-likeness (QED) is 0.819. The molecular weight excluding hydrogens is 305 g/mol. The lowest BCUT2D eigenvalue weighted by molar-refractivity contribution is -0.136. The van der Waals surface area contributed by atoms with Crippen molar-refractivity contribution in [2.24, 2.45) is 5.92 Å². The molecule has 0 saturated heterocycles. The van der Waals surface area contributed by atoms with Crippen LogP contribution in [-0.4, -0.2) is 21.6 Å². The average molecular weight is 322 g/mol. The number of alkyl halides is 3. The number of carbonyl (C=O) groups excluding carboxylic acids is 1. The van der Waals surface area contributed by atoms with Crippen molar-refractivity contribution in [2.75, 3.05) is 22.6 Å². The third-order valence-electron chi connectivity index (χ3n) is 2.45. The number of hydrogen-bond acceptors (Lipinski definition) is 3. The Morgan fingerprint density at radius 2 is 2.00 bits per heavy atom. The molecule has 0 bridgehead atoms. The molecule has 4 nitrogen and oxygen atoms in total. The van der Waals surface area contributed by atoms with Gasteiger partial charge in [0.2, 0.25) is 5.91 Å². The third kappa shape index (κ3) is 5.74. The van der Waals surface area contributed by atoms with Gasteiger partial charge in [0.1, 0.15) is 5.75 Å². The summed E-state index contributed by atoms with van der Waals surface area (Å²) >= 11 is 0. The van der Waals surface area contributed by atoms with Crippen LogP contribution in [-0.2, 0) is 21.8 Å². The second-order valence-electron chi connectivity index (χ2n) is 4.99. The largest absolute Gasteiger partial charge is 0.418 e. The zero-order chi connectivity index (χ0) is 16.2. The van der Waals surface area contributed by atoms with Gasteiger partial charge in [0.05, 0.1) is 5.56 Å². The van der Waals surface area contributed by atoms with Crippen molar-refractivity contribution < 1.29 is 22.2 Å². The summed E-state index contributed by atoms with van der Waals surface area (Å²) in [4.78, 5) is 11.6. The highest BCUT2D eigenvalue weighted by molar-refractivity contribution is 7.85. The molecule has 0 fully saturated rings. The fraction of sp³-hybridized carbons (Fsp3) is 0.462. The lowest BCUT2D eigenvalue weighted by Crippen LogP contribution is -2.22. The van der Waals surface area contributed by atoms with Crippen molar-refractivity contribution in [1.29, 1.82) is 0 Å². The van der Waals surface area contributed by atoms with E-state index in [4.69, 9.17) is 5.73 Å². The Balaban J connectivity index is 2.76. The lowest BCUT2D eigenvalue weighted by atomic mass is 10.1. The molecular formula is C13H17F3N2O2S. The first kappa shape index (κ1) is 17.5. The smallest absolute Gasteiger partial charge is 0.398 e. The molecule has 1 unspecified atom stereocenters. The fourth-order valence-electron chi connectivity index (χ4n) is 1.65. The minimum absolute atomic E-state index is 0.0249. The van der Waals surface area contributed by atoms with E-state index in [0.29, 0.717) is 5.75 Å². The van der Waals surface area contributed by atoms with Gasteiger partial charge in [-0.2, -0.15) is 13.2 Å². The molecule has 0 spiro atoms. The van der Waals surface area contributed by atoms with Gasteiger partial charge in [-0.15, -0.1) is 0 Å². The van der Waals surface area contributed by atoms with Crippen LogP contribution in [0, 0.1) is 5.92 Å². The Kier molecular flexibility index (Phi) is 5.77. The van der Waals surface area contributed by atoms with Crippen molar-refractivity contribution in [2.45, 2.75) is 20.0 Å². The molecule has 8 heteroatoms. The molecule has 1 rings (SSSR count). The van der Waals surface area contributed by atoms with Crippen LogP contribution in [0.3, 0.4) is 0 Å². The molecule has 3 N–H and O–H groups in total. The first-order chi connectivity index (χ1) is 9.59. The number of benzene rings is 1. The average Bonchev–Trinajstić information content (AvgIpc) is 2.28. The topological polar surface area (TPSA) is 72.2 Å². The lowest BCUT2D eigenvalue weighted by Gasteiger charge is -2.12. The minimum Gasteiger partial charge on any atom is -0.398 e. The van der Waals surface area contributed by atoms with Gasteiger partial charge >= 0.3 is 6.18 Å². The van der Waals surface area contributed by atoms with Gasteiger partial charge in [-0.25, -0.2) is 0 Å². The summed E-state index contributed by atoms with van der Waals surface area (Å²) in [7, 11) is -1.34. The van der Waals surface area contributed by atoms with Crippen molar-refractivity contribution >= 4 is 28.1 Å². The third-order valence-corrected chi connectivity index (χ3v) is 4.08. The van der Waals surface area contributed by atoms with Crippen LogP contribution in [0.1, 0.15) is 19.4 Å². The standard InChI is InChI=1S/C13H17F3N2O2S/c1-8(2)6-21(20)7-12(19)18-9-3-4-11(17)10(5-9)13(14,15)16/h3-5,8H,6-7,17H2,1-2H3,(H,18,19). The molecule has 21 heavy (non-hydrogen) atoms. The Hall–Kier alpha value is -1.57. The molecule has 0 aromatic heterocycles. The summed E-state index contributed by atoms with van der Waals surface area (Å²) in [5, 5.41) is 2.30. The molecule has 0 aliphatic heterocycles. The van der Waals surface area contributed by atoms with Gasteiger partial charge < -0.3 is 11.1 Å². The van der Waals surface area contributed by atoms with E-state index in [1.165, 1.54) is 6.07 Å². The van der Waals surface area contributed by atoms with Crippen LogP contribution < -0.4 is 11.1 Å². The van der Waals surface area contributed by atoms with Gasteiger partial charge in [-0.05, 0) is 24.1 Å². The Morgan fingerprint density at radius 1 is 1.38 bits per heavy atom.